The van der Waals surface area contributed by atoms with E-state index in [0.29, 0.717) is 13.0 Å². The standard InChI is InChI=1S/C10H18O4S/c1-10(2)13-6-8(14-10)7-15-5-4-9(11)12-3/h8H,4-7H2,1-3H3/t8-/m1/s1. The third-order valence-corrected chi connectivity index (χ3v) is 3.15. The largest absolute Gasteiger partial charge is 0.469 e. The van der Waals surface area contributed by atoms with Crippen LogP contribution in [0.2, 0.25) is 0 Å². The van der Waals surface area contributed by atoms with Crippen molar-refractivity contribution in [1.82, 2.24) is 0 Å². The van der Waals surface area contributed by atoms with Gasteiger partial charge in [-0.15, -0.1) is 0 Å². The molecule has 1 aliphatic heterocycles. The predicted octanol–water partition coefficient (Wildman–Crippen LogP) is 1.43. The first kappa shape index (κ1) is 12.8. The van der Waals surface area contributed by atoms with Gasteiger partial charge in [-0.2, -0.15) is 11.8 Å². The van der Waals surface area contributed by atoms with Crippen molar-refractivity contribution in [3.63, 3.8) is 0 Å². The van der Waals surface area contributed by atoms with Crippen LogP contribution in [-0.2, 0) is 19.0 Å². The summed E-state index contributed by atoms with van der Waals surface area (Å²) >= 11 is 1.69. The molecule has 0 bridgehead atoms. The van der Waals surface area contributed by atoms with Gasteiger partial charge < -0.3 is 14.2 Å². The Bertz CT molecular complexity index is 217. The highest BCUT2D eigenvalue weighted by Gasteiger charge is 2.32. The Labute approximate surface area is 94.6 Å². The van der Waals surface area contributed by atoms with Gasteiger partial charge in [0.1, 0.15) is 0 Å². The molecule has 1 heterocycles. The SMILES string of the molecule is COC(=O)CCSC[C@H]1COC(C)(C)O1. The van der Waals surface area contributed by atoms with Crippen molar-refractivity contribution in [2.75, 3.05) is 25.2 Å². The lowest BCUT2D eigenvalue weighted by Gasteiger charge is -2.16. The second-order valence-corrected chi connectivity index (χ2v) is 5.00. The quantitative estimate of drug-likeness (QED) is 0.532. The molecule has 0 saturated carbocycles. The Morgan fingerprint density at radius 1 is 1.60 bits per heavy atom. The number of carbonyl (C=O) groups excluding carboxylic acids is 1. The molecule has 4 nitrogen and oxygen atoms in total. The van der Waals surface area contributed by atoms with Gasteiger partial charge in [0.05, 0.1) is 26.2 Å². The minimum absolute atomic E-state index is 0.141. The molecule has 0 radical (unpaired) electrons. The summed E-state index contributed by atoms with van der Waals surface area (Å²) in [6.07, 6.45) is 0.598. The van der Waals surface area contributed by atoms with E-state index >= 15 is 0 Å². The van der Waals surface area contributed by atoms with Gasteiger partial charge in [-0.1, -0.05) is 0 Å². The van der Waals surface area contributed by atoms with E-state index in [1.165, 1.54) is 7.11 Å². The van der Waals surface area contributed by atoms with E-state index in [1.54, 1.807) is 11.8 Å². The molecular formula is C10H18O4S. The molecule has 0 aromatic rings. The van der Waals surface area contributed by atoms with Gasteiger partial charge >= 0.3 is 5.97 Å². The highest BCUT2D eigenvalue weighted by molar-refractivity contribution is 7.99. The molecule has 0 N–H and O–H groups in total. The number of hydrogen-bond acceptors (Lipinski definition) is 5. The van der Waals surface area contributed by atoms with Crippen molar-refractivity contribution in [2.45, 2.75) is 32.2 Å². The summed E-state index contributed by atoms with van der Waals surface area (Å²) in [5.74, 6) is 1.02. The number of rotatable bonds is 5. The Morgan fingerprint density at radius 3 is 2.87 bits per heavy atom. The van der Waals surface area contributed by atoms with Crippen LogP contribution in [0.1, 0.15) is 20.3 Å². The lowest BCUT2D eigenvalue weighted by atomic mass is 10.4. The second kappa shape index (κ2) is 5.72. The van der Waals surface area contributed by atoms with Gasteiger partial charge in [0.15, 0.2) is 5.79 Å². The van der Waals surface area contributed by atoms with Crippen molar-refractivity contribution in [1.29, 1.82) is 0 Å². The van der Waals surface area contributed by atoms with Crippen molar-refractivity contribution in [3.05, 3.63) is 0 Å². The van der Waals surface area contributed by atoms with Crippen molar-refractivity contribution < 1.29 is 19.0 Å². The fraction of sp³-hybridized carbons (Fsp3) is 0.900. The average Bonchev–Trinajstić information content (AvgIpc) is 2.52. The molecule has 0 aliphatic carbocycles. The van der Waals surface area contributed by atoms with Crippen molar-refractivity contribution in [3.8, 4) is 0 Å². The van der Waals surface area contributed by atoms with E-state index in [-0.39, 0.29) is 12.1 Å². The Hall–Kier alpha value is -0.260. The molecule has 1 rings (SSSR count). The van der Waals surface area contributed by atoms with Gasteiger partial charge in [-0.3, -0.25) is 4.79 Å². The fourth-order valence-electron chi connectivity index (χ4n) is 1.32. The third-order valence-electron chi connectivity index (χ3n) is 2.05. The number of thioether (sulfide) groups is 1. The summed E-state index contributed by atoms with van der Waals surface area (Å²) in [6.45, 7) is 4.45. The lowest BCUT2D eigenvalue weighted by Crippen LogP contribution is -2.22. The zero-order valence-electron chi connectivity index (χ0n) is 9.45. The zero-order chi connectivity index (χ0) is 11.3. The molecule has 1 atom stereocenters. The van der Waals surface area contributed by atoms with E-state index in [4.69, 9.17) is 9.47 Å². The van der Waals surface area contributed by atoms with Gasteiger partial charge in [0.2, 0.25) is 0 Å². The topological polar surface area (TPSA) is 44.8 Å². The first-order valence-corrected chi connectivity index (χ1v) is 6.15. The molecule has 1 fully saturated rings. The number of esters is 1. The zero-order valence-corrected chi connectivity index (χ0v) is 10.3. The maximum Gasteiger partial charge on any atom is 0.306 e. The molecule has 1 aliphatic rings. The predicted molar refractivity (Wildman–Crippen MR) is 58.9 cm³/mol. The normalized spacial score (nSPS) is 24.1. The van der Waals surface area contributed by atoms with Crippen LogP contribution in [-0.4, -0.2) is 43.1 Å². The molecule has 0 aromatic carbocycles. The monoisotopic (exact) mass is 234 g/mol. The summed E-state index contributed by atoms with van der Waals surface area (Å²) in [6, 6.07) is 0. The van der Waals surface area contributed by atoms with Crippen LogP contribution in [0.25, 0.3) is 0 Å². The fourth-order valence-corrected chi connectivity index (χ4v) is 2.22. The summed E-state index contributed by atoms with van der Waals surface area (Å²) in [4.78, 5) is 10.8. The van der Waals surface area contributed by atoms with E-state index in [1.807, 2.05) is 13.8 Å². The second-order valence-electron chi connectivity index (χ2n) is 3.85. The highest BCUT2D eigenvalue weighted by Crippen LogP contribution is 2.24. The van der Waals surface area contributed by atoms with Crippen LogP contribution < -0.4 is 0 Å². The summed E-state index contributed by atoms with van der Waals surface area (Å²) in [5, 5.41) is 0. The van der Waals surface area contributed by atoms with E-state index in [0.717, 1.165) is 11.5 Å². The Kier molecular flexibility index (Phi) is 4.89. The number of ether oxygens (including phenoxy) is 3. The molecule has 0 amide bonds. The molecule has 15 heavy (non-hydrogen) atoms. The number of carbonyl (C=O) groups is 1. The van der Waals surface area contributed by atoms with E-state index in [2.05, 4.69) is 4.74 Å². The molecule has 88 valence electrons. The summed E-state index contributed by atoms with van der Waals surface area (Å²) in [5.41, 5.74) is 0. The Balaban J connectivity index is 2.04. The smallest absolute Gasteiger partial charge is 0.306 e. The lowest BCUT2D eigenvalue weighted by molar-refractivity contribution is -0.140. The van der Waals surface area contributed by atoms with Crippen LogP contribution >= 0.6 is 11.8 Å². The van der Waals surface area contributed by atoms with Crippen LogP contribution in [0.15, 0.2) is 0 Å². The van der Waals surface area contributed by atoms with Crippen molar-refractivity contribution >= 4 is 17.7 Å². The van der Waals surface area contributed by atoms with Crippen molar-refractivity contribution in [2.24, 2.45) is 0 Å². The summed E-state index contributed by atoms with van der Waals surface area (Å²) < 4.78 is 15.6. The third kappa shape index (κ3) is 4.86. The van der Waals surface area contributed by atoms with Crippen LogP contribution in [0.4, 0.5) is 0 Å². The van der Waals surface area contributed by atoms with Gasteiger partial charge in [-0.25, -0.2) is 0 Å². The molecule has 5 heteroatoms. The highest BCUT2D eigenvalue weighted by atomic mass is 32.2. The number of methoxy groups -OCH3 is 1. The first-order chi connectivity index (χ1) is 7.03. The van der Waals surface area contributed by atoms with Gasteiger partial charge in [0.25, 0.3) is 0 Å². The van der Waals surface area contributed by atoms with E-state index < -0.39 is 5.79 Å². The molecule has 0 spiro atoms. The molecule has 0 unspecified atom stereocenters. The van der Waals surface area contributed by atoms with E-state index in [9.17, 15) is 4.79 Å². The van der Waals surface area contributed by atoms with Crippen LogP contribution in [0.3, 0.4) is 0 Å². The average molecular weight is 234 g/mol. The minimum Gasteiger partial charge on any atom is -0.469 e. The summed E-state index contributed by atoms with van der Waals surface area (Å²) in [7, 11) is 1.41. The maximum atomic E-state index is 10.8. The van der Waals surface area contributed by atoms with Gasteiger partial charge in [-0.05, 0) is 13.8 Å². The van der Waals surface area contributed by atoms with Crippen LogP contribution in [0, 0.1) is 0 Å². The molecular weight excluding hydrogens is 216 g/mol. The molecule has 1 saturated heterocycles. The Morgan fingerprint density at radius 2 is 2.33 bits per heavy atom. The number of hydrogen-bond donors (Lipinski definition) is 0. The molecule has 0 aromatic heterocycles. The maximum absolute atomic E-state index is 10.8. The van der Waals surface area contributed by atoms with Gasteiger partial charge in [0, 0.05) is 11.5 Å². The minimum atomic E-state index is -0.451. The first-order valence-electron chi connectivity index (χ1n) is 5.00. The van der Waals surface area contributed by atoms with Crippen LogP contribution in [0.5, 0.6) is 0 Å².